The highest BCUT2D eigenvalue weighted by Crippen LogP contribution is 2.42. The molecule has 1 saturated heterocycles. The van der Waals surface area contributed by atoms with Crippen LogP contribution < -0.4 is 32.3 Å². The number of carboxylic acids is 1. The summed E-state index contributed by atoms with van der Waals surface area (Å²) in [6.45, 7) is 9.42. The molecule has 0 saturated carbocycles. The SMILES string of the molecule is Cc1c(NC(=O)c2ccc(C(C)(C)C)cc2)cccc1-c1cn(C)c(=O)c(Nc2ccc(C(=O)N3CCOC(CNC(=S)Nc4ccc(-c5c6ccc(=O)cc-6oc6cc(O)ccc56)c(C(=O)O)c4)C3)cc2)n1. The van der Waals surface area contributed by atoms with Crippen molar-refractivity contribution >= 4 is 69.0 Å². The Morgan fingerprint density at radius 2 is 1.56 bits per heavy atom. The van der Waals surface area contributed by atoms with Gasteiger partial charge in [-0.15, -0.1) is 0 Å². The molecule has 1 aromatic heterocycles. The number of aromatic nitrogens is 2. The van der Waals surface area contributed by atoms with Crippen LogP contribution in [0.5, 0.6) is 5.75 Å². The van der Waals surface area contributed by atoms with Gasteiger partial charge in [-0.2, -0.15) is 0 Å². The van der Waals surface area contributed by atoms with Crippen LogP contribution >= 0.6 is 12.2 Å². The fourth-order valence-corrected chi connectivity index (χ4v) is 8.97. The first-order valence-corrected chi connectivity index (χ1v) is 23.8. The van der Waals surface area contributed by atoms with Crippen molar-refractivity contribution in [3.63, 3.8) is 0 Å². The number of nitrogens with zero attached hydrogens (tertiary/aromatic N) is 3. The number of amides is 2. The molecule has 5 aromatic carbocycles. The highest BCUT2D eigenvalue weighted by molar-refractivity contribution is 7.80. The van der Waals surface area contributed by atoms with Crippen LogP contribution in [0.3, 0.4) is 0 Å². The monoisotopic (exact) mass is 997 g/mol. The quantitative estimate of drug-likeness (QED) is 0.0526. The Kier molecular flexibility index (Phi) is 13.7. The van der Waals surface area contributed by atoms with Gasteiger partial charge in [0.25, 0.3) is 17.4 Å². The summed E-state index contributed by atoms with van der Waals surface area (Å²) < 4.78 is 13.4. The maximum atomic E-state index is 13.8. The number of fused-ring (bicyclic) bond motifs is 2. The lowest BCUT2D eigenvalue weighted by Gasteiger charge is -2.33. The molecule has 9 rings (SSSR count). The van der Waals surface area contributed by atoms with Crippen LogP contribution in [0.15, 0.2) is 142 Å². The predicted molar refractivity (Wildman–Crippen MR) is 286 cm³/mol. The van der Waals surface area contributed by atoms with Gasteiger partial charge in [-0.25, -0.2) is 9.78 Å². The lowest BCUT2D eigenvalue weighted by Crippen LogP contribution is -2.50. The Labute approximate surface area is 424 Å². The highest BCUT2D eigenvalue weighted by atomic mass is 32.1. The Morgan fingerprint density at radius 3 is 2.30 bits per heavy atom. The van der Waals surface area contributed by atoms with Gasteiger partial charge in [0.15, 0.2) is 16.4 Å². The molecule has 2 amide bonds. The number of carbonyl (C=O) groups excluding carboxylic acids is 2. The summed E-state index contributed by atoms with van der Waals surface area (Å²) in [6, 6.07) is 33.5. The average Bonchev–Trinajstić information content (AvgIpc) is 3.36. The second kappa shape index (κ2) is 20.2. The number of aromatic hydroxyl groups is 1. The molecule has 1 fully saturated rings. The molecule has 6 aromatic rings. The Balaban J connectivity index is 0.823. The normalized spacial score (nSPS) is 13.7. The summed E-state index contributed by atoms with van der Waals surface area (Å²) in [7, 11) is 1.64. The molecule has 0 bridgehead atoms. The number of phenolic OH excluding ortho intramolecular Hbond substituents is 1. The Hall–Kier alpha value is -8.67. The molecule has 1 aliphatic carbocycles. The average molecular weight is 998 g/mol. The number of benzene rings is 6. The van der Waals surface area contributed by atoms with Gasteiger partial charge in [-0.3, -0.25) is 19.2 Å². The smallest absolute Gasteiger partial charge is 0.336 e. The van der Waals surface area contributed by atoms with Gasteiger partial charge in [0.1, 0.15) is 17.1 Å². The van der Waals surface area contributed by atoms with Crippen molar-refractivity contribution < 1.29 is 33.8 Å². The first-order chi connectivity index (χ1) is 34.9. The minimum atomic E-state index is -1.20. The van der Waals surface area contributed by atoms with E-state index in [4.69, 9.17) is 26.4 Å². The Morgan fingerprint density at radius 1 is 0.836 bits per heavy atom. The maximum Gasteiger partial charge on any atom is 0.336 e. The van der Waals surface area contributed by atoms with E-state index in [1.165, 1.54) is 34.9 Å². The summed E-state index contributed by atoms with van der Waals surface area (Å²) in [4.78, 5) is 71.7. The van der Waals surface area contributed by atoms with Crippen LogP contribution in [0.1, 0.15) is 63.0 Å². The molecule has 0 spiro atoms. The molecule has 370 valence electrons. The third-order valence-corrected chi connectivity index (χ3v) is 13.0. The number of hydrogen-bond acceptors (Lipinski definition) is 11. The zero-order valence-electron chi connectivity index (χ0n) is 40.5. The number of anilines is 4. The second-order valence-electron chi connectivity index (χ2n) is 18.8. The number of aryl methyl sites for hydroxylation is 1. The standard InChI is InChI=1S/C56H51N7O9S/c1-31-40(7-6-8-45(31)61-51(66)32-9-13-34(14-10-32)56(2,3)4)46-30-62(5)53(68)50(60-46)58-35-15-11-33(12-16-35)52(67)63-23-24-71-39(29-63)28-57-55(73)59-36-17-20-41(44(25-36)54(69)70)49-42-21-18-37(64)26-47(42)72-48-27-38(65)19-22-43(48)49/h6-22,25-27,30,39,64H,23-24,28-29H2,1-5H3,(H,58,60)(H,61,66)(H,69,70)(H2,57,59,73). The van der Waals surface area contributed by atoms with Gasteiger partial charge in [-0.05, 0) is 120 Å². The maximum absolute atomic E-state index is 13.8. The van der Waals surface area contributed by atoms with Crippen molar-refractivity contribution in [2.24, 2.45) is 7.05 Å². The molecule has 6 N–H and O–H groups in total. The predicted octanol–water partition coefficient (Wildman–Crippen LogP) is 9.16. The zero-order valence-corrected chi connectivity index (χ0v) is 41.3. The van der Waals surface area contributed by atoms with Crippen LogP contribution in [0, 0.1) is 6.92 Å². The third-order valence-electron chi connectivity index (χ3n) is 12.7. The van der Waals surface area contributed by atoms with Crippen molar-refractivity contribution in [3.8, 4) is 39.5 Å². The van der Waals surface area contributed by atoms with Crippen LogP contribution in [0.25, 0.3) is 44.7 Å². The van der Waals surface area contributed by atoms with Crippen LogP contribution in [0.4, 0.5) is 22.9 Å². The summed E-state index contributed by atoms with van der Waals surface area (Å²) in [5.41, 5.74) is 6.63. The number of morpholine rings is 1. The first-order valence-electron chi connectivity index (χ1n) is 23.4. The number of nitrogens with one attached hydrogen (secondary N) is 4. The number of carboxylic acid groups (broad SMARTS) is 1. The fourth-order valence-electron chi connectivity index (χ4n) is 8.77. The molecule has 3 aliphatic rings. The van der Waals surface area contributed by atoms with E-state index in [2.05, 4.69) is 42.0 Å². The number of rotatable bonds is 11. The first kappa shape index (κ1) is 49.3. The molecule has 0 radical (unpaired) electrons. The molecule has 17 heteroatoms. The molecular weight excluding hydrogens is 947 g/mol. The molecule has 1 unspecified atom stereocenters. The topological polar surface area (TPSA) is 217 Å². The summed E-state index contributed by atoms with van der Waals surface area (Å²) in [6.07, 6.45) is 1.23. The van der Waals surface area contributed by atoms with E-state index in [1.807, 2.05) is 49.4 Å². The third kappa shape index (κ3) is 10.7. The van der Waals surface area contributed by atoms with Crippen molar-refractivity contribution in [1.29, 1.82) is 0 Å². The van der Waals surface area contributed by atoms with Crippen molar-refractivity contribution in [1.82, 2.24) is 19.8 Å². The van der Waals surface area contributed by atoms with Crippen LogP contribution in [0.2, 0.25) is 0 Å². The minimum absolute atomic E-state index is 0.0389. The van der Waals surface area contributed by atoms with E-state index in [0.717, 1.165) is 16.7 Å². The van der Waals surface area contributed by atoms with E-state index < -0.39 is 12.1 Å². The van der Waals surface area contributed by atoms with Gasteiger partial charge >= 0.3 is 5.97 Å². The van der Waals surface area contributed by atoms with Crippen molar-refractivity contribution in [2.45, 2.75) is 39.2 Å². The number of thiocarbonyl (C=S) groups is 1. The van der Waals surface area contributed by atoms with Gasteiger partial charge in [-0.1, -0.05) is 51.1 Å². The number of phenols is 1. The van der Waals surface area contributed by atoms with Gasteiger partial charge < -0.3 is 50.1 Å². The summed E-state index contributed by atoms with van der Waals surface area (Å²) in [5, 5.41) is 33.6. The lowest BCUT2D eigenvalue weighted by atomic mass is 9.86. The molecular formula is C56H51N7O9S. The number of aromatic carboxylic acids is 1. The highest BCUT2D eigenvalue weighted by Gasteiger charge is 2.27. The molecule has 2 aliphatic heterocycles. The van der Waals surface area contributed by atoms with Gasteiger partial charge in [0.05, 0.1) is 24.0 Å². The Bertz CT molecular complexity index is 3570. The lowest BCUT2D eigenvalue weighted by molar-refractivity contribution is -0.0185. The summed E-state index contributed by atoms with van der Waals surface area (Å²) >= 11 is 5.59. The van der Waals surface area contributed by atoms with Crippen LogP contribution in [-0.2, 0) is 17.2 Å². The van der Waals surface area contributed by atoms with E-state index in [0.29, 0.717) is 69.1 Å². The summed E-state index contributed by atoms with van der Waals surface area (Å²) in [5.74, 6) is -1.38. The molecule has 3 heterocycles. The van der Waals surface area contributed by atoms with E-state index in [1.54, 1.807) is 66.7 Å². The fraction of sp³-hybridized carbons (Fsp3) is 0.196. The van der Waals surface area contributed by atoms with Gasteiger partial charge in [0, 0.05) is 95.3 Å². The van der Waals surface area contributed by atoms with Crippen molar-refractivity contribution in [2.75, 3.05) is 42.2 Å². The van der Waals surface area contributed by atoms with E-state index in [9.17, 15) is 34.2 Å². The number of hydrogen-bond donors (Lipinski definition) is 6. The molecule has 73 heavy (non-hydrogen) atoms. The molecule has 16 nitrogen and oxygen atoms in total. The zero-order chi connectivity index (χ0) is 51.7. The molecule has 1 atom stereocenters. The largest absolute Gasteiger partial charge is 0.508 e. The minimum Gasteiger partial charge on any atom is -0.508 e. The van der Waals surface area contributed by atoms with E-state index >= 15 is 0 Å². The number of carbonyl (C=O) groups is 3. The van der Waals surface area contributed by atoms with Gasteiger partial charge in [0.2, 0.25) is 0 Å². The second-order valence-corrected chi connectivity index (χ2v) is 19.2. The number of ether oxygens (including phenoxy) is 1. The van der Waals surface area contributed by atoms with E-state index in [-0.39, 0.29) is 74.9 Å². The van der Waals surface area contributed by atoms with Crippen LogP contribution in [-0.4, -0.2) is 79.9 Å². The van der Waals surface area contributed by atoms with Crippen molar-refractivity contribution in [3.05, 3.63) is 176 Å².